The Kier molecular flexibility index (Phi) is 14.2. The summed E-state index contributed by atoms with van der Waals surface area (Å²) in [7, 11) is -5.44. The molecule has 14 nitrogen and oxygen atoms in total. The molecule has 0 aliphatic carbocycles. The van der Waals surface area contributed by atoms with Gasteiger partial charge < -0.3 is 36.8 Å². The number of carbonyl (C=O) groups is 3. The number of hydrogen-bond acceptors (Lipinski definition) is 9. The molecule has 0 aromatic rings. The highest BCUT2D eigenvalue weighted by molar-refractivity contribution is 7.87. The van der Waals surface area contributed by atoms with Crippen LogP contribution >= 0.6 is 0 Å². The van der Waals surface area contributed by atoms with Gasteiger partial charge in [0.05, 0.1) is 0 Å². The second kappa shape index (κ2) is 14.2. The van der Waals surface area contributed by atoms with Gasteiger partial charge in [0.1, 0.15) is 5.54 Å². The summed E-state index contributed by atoms with van der Waals surface area (Å²) in [6, 6.07) is 0. The maximum atomic E-state index is 12.5. The van der Waals surface area contributed by atoms with Crippen LogP contribution in [0.4, 0.5) is 26.3 Å². The molecule has 10 N–H and O–H groups in total. The minimum absolute atomic E-state index is 0.0552. The fourth-order valence-electron chi connectivity index (χ4n) is 2.67. The summed E-state index contributed by atoms with van der Waals surface area (Å²) in [5.74, 6) is -7.43. The summed E-state index contributed by atoms with van der Waals surface area (Å²) in [6.07, 6.45) is -9.51. The molecule has 1 fully saturated rings. The van der Waals surface area contributed by atoms with Crippen LogP contribution in [0.2, 0.25) is 6.32 Å². The number of nitrogens with two attached hydrogens (primary N) is 2. The number of carboxylic acid groups (broad SMARTS) is 3. The van der Waals surface area contributed by atoms with Crippen LogP contribution in [0.5, 0.6) is 0 Å². The number of halogens is 6. The molecule has 224 valence electrons. The number of nitrogens with zero attached hydrogens (tertiary/aromatic N) is 1. The molecule has 1 aliphatic rings. The summed E-state index contributed by atoms with van der Waals surface area (Å²) in [5, 5.41) is 41.4. The fraction of sp³-hybridized carbons (Fsp3) is 0.812. The topological polar surface area (TPSA) is 254 Å². The Balaban J connectivity index is 0. The van der Waals surface area contributed by atoms with E-state index >= 15 is 0 Å². The number of hydrogen-bond donors (Lipinski definition) is 8. The predicted molar refractivity (Wildman–Crippen MR) is 116 cm³/mol. The molecule has 0 aromatic heterocycles. The first-order valence-electron chi connectivity index (χ1n) is 10.2. The molecule has 0 aromatic carbocycles. The molecule has 0 unspecified atom stereocenters. The monoisotopic (exact) mass is 594 g/mol. The van der Waals surface area contributed by atoms with Crippen molar-refractivity contribution in [3.63, 3.8) is 0 Å². The summed E-state index contributed by atoms with van der Waals surface area (Å²) in [5.41, 5.74) is 8.89. The molecule has 1 aliphatic heterocycles. The normalized spacial score (nSPS) is 20.5. The van der Waals surface area contributed by atoms with Crippen LogP contribution in [0, 0.1) is 5.92 Å². The highest BCUT2D eigenvalue weighted by Gasteiger charge is 2.52. The van der Waals surface area contributed by atoms with Crippen molar-refractivity contribution in [2.24, 2.45) is 17.4 Å². The molecule has 22 heteroatoms. The molecular weight excluding hydrogens is 565 g/mol. The van der Waals surface area contributed by atoms with Crippen molar-refractivity contribution in [1.29, 1.82) is 0 Å². The van der Waals surface area contributed by atoms with Gasteiger partial charge in [-0.1, -0.05) is 6.42 Å². The van der Waals surface area contributed by atoms with Gasteiger partial charge in [0.2, 0.25) is 0 Å². The van der Waals surface area contributed by atoms with Crippen LogP contribution in [0.15, 0.2) is 0 Å². The Morgan fingerprint density at radius 1 is 1.03 bits per heavy atom. The largest absolute Gasteiger partial charge is 0.490 e. The van der Waals surface area contributed by atoms with E-state index in [-0.39, 0.29) is 32.4 Å². The Hall–Kier alpha value is -2.24. The van der Waals surface area contributed by atoms with Gasteiger partial charge in [0.15, 0.2) is 0 Å². The van der Waals surface area contributed by atoms with Crippen molar-refractivity contribution in [2.45, 2.75) is 56.4 Å². The van der Waals surface area contributed by atoms with E-state index in [0.717, 1.165) is 4.31 Å². The molecule has 1 heterocycles. The van der Waals surface area contributed by atoms with E-state index in [2.05, 4.69) is 4.72 Å². The van der Waals surface area contributed by atoms with Gasteiger partial charge in [-0.2, -0.15) is 43.8 Å². The van der Waals surface area contributed by atoms with E-state index in [4.69, 9.17) is 41.3 Å². The summed E-state index contributed by atoms with van der Waals surface area (Å²) >= 11 is 0. The average Bonchev–Trinajstić information content (AvgIpc) is 3.05. The van der Waals surface area contributed by atoms with Gasteiger partial charge >= 0.3 is 37.4 Å². The van der Waals surface area contributed by atoms with Crippen LogP contribution in [0.25, 0.3) is 0 Å². The summed E-state index contributed by atoms with van der Waals surface area (Å²) < 4.78 is 91.9. The van der Waals surface area contributed by atoms with Crippen molar-refractivity contribution in [3.05, 3.63) is 0 Å². The first kappa shape index (κ1) is 37.9. The Morgan fingerprint density at radius 2 is 1.42 bits per heavy atom. The zero-order chi connectivity index (χ0) is 30.9. The molecule has 0 bridgehead atoms. The van der Waals surface area contributed by atoms with Crippen molar-refractivity contribution >= 4 is 35.2 Å². The van der Waals surface area contributed by atoms with Crippen LogP contribution in [0.3, 0.4) is 0 Å². The van der Waals surface area contributed by atoms with Crippen molar-refractivity contribution in [1.82, 2.24) is 9.03 Å². The number of aliphatic carboxylic acids is 3. The molecule has 0 radical (unpaired) electrons. The fourth-order valence-corrected chi connectivity index (χ4v) is 4.34. The van der Waals surface area contributed by atoms with Crippen molar-refractivity contribution in [2.75, 3.05) is 19.6 Å². The molecule has 38 heavy (non-hydrogen) atoms. The van der Waals surface area contributed by atoms with E-state index in [1.165, 1.54) is 0 Å². The first-order chi connectivity index (χ1) is 16.7. The second-order valence-electron chi connectivity index (χ2n) is 8.55. The molecule has 1 saturated heterocycles. The first-order valence-corrected chi connectivity index (χ1v) is 11.6. The minimum atomic E-state index is -5.08. The van der Waals surface area contributed by atoms with Crippen LogP contribution in [-0.2, 0) is 24.6 Å². The standard InChI is InChI=1S/C12H27BN4O6S.2C2HF3O2/c1-11(2,7-14)16-24(22,23)17-6-9(4-3-5-13(20)21)12(15,8-17)10(18)19;2*3-2(4,5)1(6)7/h9,16,20-21H,3-8,14-15H2,1-2H3,(H,18,19);2*(H,6,7)/t9-,12-;;/m0../s1. The highest BCUT2D eigenvalue weighted by Crippen LogP contribution is 2.32. The minimum Gasteiger partial charge on any atom is -0.480 e. The lowest BCUT2D eigenvalue weighted by Crippen LogP contribution is -2.57. The van der Waals surface area contributed by atoms with Gasteiger partial charge in [-0.15, -0.1) is 0 Å². The molecule has 1 rings (SSSR count). The molecule has 0 spiro atoms. The van der Waals surface area contributed by atoms with E-state index in [1.807, 2.05) is 0 Å². The zero-order valence-electron chi connectivity index (χ0n) is 20.0. The predicted octanol–water partition coefficient (Wildman–Crippen LogP) is -1.21. The van der Waals surface area contributed by atoms with Crippen molar-refractivity contribution < 1.29 is 74.5 Å². The highest BCUT2D eigenvalue weighted by atomic mass is 32.2. The van der Waals surface area contributed by atoms with E-state index in [0.29, 0.717) is 6.42 Å². The van der Waals surface area contributed by atoms with Crippen LogP contribution in [0.1, 0.15) is 26.7 Å². The second-order valence-corrected chi connectivity index (χ2v) is 10.2. The lowest BCUT2D eigenvalue weighted by molar-refractivity contribution is -0.193. The third kappa shape index (κ3) is 13.5. The van der Waals surface area contributed by atoms with Gasteiger partial charge in [-0.3, -0.25) is 4.79 Å². The lowest BCUT2D eigenvalue weighted by Gasteiger charge is -2.28. The van der Waals surface area contributed by atoms with Gasteiger partial charge in [0, 0.05) is 31.1 Å². The lowest BCUT2D eigenvalue weighted by atomic mass is 9.78. The Morgan fingerprint density at radius 3 is 1.71 bits per heavy atom. The SMILES string of the molecule is CC(C)(CN)NS(=O)(=O)N1C[C@H](CCCB(O)O)[C@](N)(C(=O)O)C1.O=C(O)C(F)(F)F.O=C(O)C(F)(F)F. The third-order valence-electron chi connectivity index (χ3n) is 4.74. The van der Waals surface area contributed by atoms with E-state index in [1.54, 1.807) is 13.8 Å². The summed E-state index contributed by atoms with van der Waals surface area (Å²) in [4.78, 5) is 29.4. The van der Waals surface area contributed by atoms with Gasteiger partial charge in [-0.25, -0.2) is 9.59 Å². The van der Waals surface area contributed by atoms with Gasteiger partial charge in [-0.05, 0) is 26.6 Å². The zero-order valence-corrected chi connectivity index (χ0v) is 20.8. The van der Waals surface area contributed by atoms with Gasteiger partial charge in [0.25, 0.3) is 10.2 Å². The number of alkyl halides is 6. The third-order valence-corrected chi connectivity index (χ3v) is 6.51. The Bertz CT molecular complexity index is 895. The van der Waals surface area contributed by atoms with E-state index < -0.39 is 64.6 Å². The maximum absolute atomic E-state index is 12.5. The molecule has 2 atom stereocenters. The Labute approximate surface area is 212 Å². The number of rotatable bonds is 9. The van der Waals surface area contributed by atoms with Crippen molar-refractivity contribution in [3.8, 4) is 0 Å². The number of carboxylic acids is 3. The van der Waals surface area contributed by atoms with E-state index in [9.17, 15) is 44.7 Å². The maximum Gasteiger partial charge on any atom is 0.490 e. The molecule has 0 saturated carbocycles. The van der Waals surface area contributed by atoms with Crippen LogP contribution < -0.4 is 16.2 Å². The average molecular weight is 594 g/mol. The smallest absolute Gasteiger partial charge is 0.480 e. The van der Waals surface area contributed by atoms with Crippen LogP contribution in [-0.4, -0.2) is 106 Å². The molecule has 0 amide bonds. The molecular formula is C16H29BF6N4O10S. The quantitative estimate of drug-likeness (QED) is 0.116. The number of nitrogens with one attached hydrogen (secondary N) is 1. The summed E-state index contributed by atoms with van der Waals surface area (Å²) in [6.45, 7) is 2.90.